The van der Waals surface area contributed by atoms with Gasteiger partial charge < -0.3 is 15.5 Å². The Hall–Kier alpha value is -3.00. The number of hydrogen-bond donors (Lipinski definition) is 1. The molecule has 0 radical (unpaired) electrons. The Morgan fingerprint density at radius 2 is 1.74 bits per heavy atom. The van der Waals surface area contributed by atoms with E-state index in [-0.39, 0.29) is 5.91 Å². The van der Waals surface area contributed by atoms with Crippen LogP contribution in [-0.4, -0.2) is 37.0 Å². The molecule has 0 aliphatic carbocycles. The normalized spacial score (nSPS) is 14.4. The number of nitrogen functional groups attached to an aromatic ring is 1. The van der Waals surface area contributed by atoms with Crippen molar-refractivity contribution in [2.24, 2.45) is 0 Å². The number of nitrogens with zero attached hydrogens (tertiary/aromatic N) is 3. The van der Waals surface area contributed by atoms with Crippen molar-refractivity contribution in [2.45, 2.75) is 0 Å². The number of piperazine rings is 1. The van der Waals surface area contributed by atoms with Crippen molar-refractivity contribution in [3.05, 3.63) is 59.7 Å². The van der Waals surface area contributed by atoms with Gasteiger partial charge in [0.25, 0.3) is 5.91 Å². The lowest BCUT2D eigenvalue weighted by molar-refractivity contribution is 0.0747. The molecule has 3 rings (SSSR count). The highest BCUT2D eigenvalue weighted by molar-refractivity contribution is 5.94. The largest absolute Gasteiger partial charge is 0.399 e. The van der Waals surface area contributed by atoms with Crippen LogP contribution >= 0.6 is 0 Å². The Labute approximate surface area is 135 Å². The summed E-state index contributed by atoms with van der Waals surface area (Å²) < 4.78 is 0. The van der Waals surface area contributed by atoms with Gasteiger partial charge in [0.05, 0.1) is 11.6 Å². The molecular formula is C18H18N4O. The monoisotopic (exact) mass is 306 g/mol. The molecule has 2 aromatic rings. The van der Waals surface area contributed by atoms with Crippen LogP contribution in [0.25, 0.3) is 0 Å². The van der Waals surface area contributed by atoms with Crippen molar-refractivity contribution >= 4 is 17.3 Å². The zero-order chi connectivity index (χ0) is 16.2. The molecule has 1 aliphatic rings. The predicted molar refractivity (Wildman–Crippen MR) is 90.1 cm³/mol. The minimum Gasteiger partial charge on any atom is -0.399 e. The van der Waals surface area contributed by atoms with Gasteiger partial charge in [-0.05, 0) is 42.5 Å². The van der Waals surface area contributed by atoms with Crippen molar-refractivity contribution in [3.8, 4) is 6.07 Å². The van der Waals surface area contributed by atoms with Gasteiger partial charge in [0, 0.05) is 43.1 Å². The third kappa shape index (κ3) is 3.27. The van der Waals surface area contributed by atoms with Crippen LogP contribution in [0.1, 0.15) is 15.9 Å². The first-order valence-electron chi connectivity index (χ1n) is 7.57. The molecule has 0 saturated carbocycles. The van der Waals surface area contributed by atoms with Crippen LogP contribution < -0.4 is 10.6 Å². The lowest BCUT2D eigenvalue weighted by Crippen LogP contribution is -2.48. The van der Waals surface area contributed by atoms with Crippen LogP contribution in [0.5, 0.6) is 0 Å². The van der Waals surface area contributed by atoms with Gasteiger partial charge in [-0.3, -0.25) is 4.79 Å². The molecule has 1 saturated heterocycles. The fourth-order valence-electron chi connectivity index (χ4n) is 2.76. The fraction of sp³-hybridized carbons (Fsp3) is 0.222. The summed E-state index contributed by atoms with van der Waals surface area (Å²) in [5, 5.41) is 8.94. The van der Waals surface area contributed by atoms with Crippen molar-refractivity contribution in [1.82, 2.24) is 4.90 Å². The molecule has 0 aromatic heterocycles. The van der Waals surface area contributed by atoms with Gasteiger partial charge in [0.15, 0.2) is 0 Å². The number of amides is 1. The Bertz CT molecular complexity index is 740. The Morgan fingerprint density at radius 3 is 2.39 bits per heavy atom. The summed E-state index contributed by atoms with van der Waals surface area (Å²) in [5.41, 5.74) is 8.67. The van der Waals surface area contributed by atoms with Crippen LogP contribution in [0.4, 0.5) is 11.4 Å². The quantitative estimate of drug-likeness (QED) is 0.862. The number of nitrogens with two attached hydrogens (primary N) is 1. The topological polar surface area (TPSA) is 73.4 Å². The number of carbonyl (C=O) groups excluding carboxylic acids is 1. The third-order valence-electron chi connectivity index (χ3n) is 4.06. The predicted octanol–water partition coefficient (Wildman–Crippen LogP) is 2.10. The minimum absolute atomic E-state index is 0.0148. The van der Waals surface area contributed by atoms with Gasteiger partial charge in [-0.15, -0.1) is 0 Å². The van der Waals surface area contributed by atoms with Crippen molar-refractivity contribution < 1.29 is 4.79 Å². The summed E-state index contributed by atoms with van der Waals surface area (Å²) in [4.78, 5) is 16.6. The van der Waals surface area contributed by atoms with E-state index in [1.807, 2.05) is 29.2 Å². The van der Waals surface area contributed by atoms with Crippen LogP contribution in [0.15, 0.2) is 48.5 Å². The molecular weight excluding hydrogens is 288 g/mol. The molecule has 0 atom stereocenters. The van der Waals surface area contributed by atoms with Crippen LogP contribution in [0.3, 0.4) is 0 Å². The van der Waals surface area contributed by atoms with Gasteiger partial charge in [0.1, 0.15) is 0 Å². The maximum Gasteiger partial charge on any atom is 0.254 e. The summed E-state index contributed by atoms with van der Waals surface area (Å²) in [7, 11) is 0. The Morgan fingerprint density at radius 1 is 1.04 bits per heavy atom. The second-order valence-electron chi connectivity index (χ2n) is 5.56. The van der Waals surface area contributed by atoms with Crippen molar-refractivity contribution in [1.29, 1.82) is 5.26 Å². The molecule has 1 aliphatic heterocycles. The molecule has 1 heterocycles. The van der Waals surface area contributed by atoms with Gasteiger partial charge >= 0.3 is 0 Å². The standard InChI is InChI=1S/C18H18N4O/c19-13-14-2-1-3-15(12-14)18(23)22-10-8-21(9-11-22)17-6-4-16(20)5-7-17/h1-7,12H,8-11,20H2. The number of rotatable bonds is 2. The molecule has 23 heavy (non-hydrogen) atoms. The summed E-state index contributed by atoms with van der Waals surface area (Å²) in [6.45, 7) is 2.90. The summed E-state index contributed by atoms with van der Waals surface area (Å²) >= 11 is 0. The van der Waals surface area contributed by atoms with E-state index in [0.29, 0.717) is 24.2 Å². The first kappa shape index (κ1) is 14.9. The SMILES string of the molecule is N#Cc1cccc(C(=O)N2CCN(c3ccc(N)cc3)CC2)c1. The third-order valence-corrected chi connectivity index (χ3v) is 4.06. The smallest absolute Gasteiger partial charge is 0.254 e. The highest BCUT2D eigenvalue weighted by Crippen LogP contribution is 2.19. The van der Waals surface area contributed by atoms with Gasteiger partial charge in [-0.1, -0.05) is 6.07 Å². The zero-order valence-electron chi connectivity index (χ0n) is 12.8. The molecule has 1 fully saturated rings. The molecule has 2 N–H and O–H groups in total. The summed E-state index contributed by atoms with van der Waals surface area (Å²) in [6.07, 6.45) is 0. The molecule has 5 heteroatoms. The minimum atomic E-state index is -0.0148. The highest BCUT2D eigenvalue weighted by Gasteiger charge is 2.22. The molecule has 2 aromatic carbocycles. The molecule has 0 bridgehead atoms. The van der Waals surface area contributed by atoms with Crippen LogP contribution in [0, 0.1) is 11.3 Å². The molecule has 116 valence electrons. The van der Waals surface area contributed by atoms with E-state index >= 15 is 0 Å². The number of hydrogen-bond acceptors (Lipinski definition) is 4. The molecule has 5 nitrogen and oxygen atoms in total. The maximum atomic E-state index is 12.5. The number of nitriles is 1. The maximum absolute atomic E-state index is 12.5. The highest BCUT2D eigenvalue weighted by atomic mass is 16.2. The average Bonchev–Trinajstić information content (AvgIpc) is 2.62. The second-order valence-corrected chi connectivity index (χ2v) is 5.56. The number of anilines is 2. The van der Waals surface area contributed by atoms with Gasteiger partial charge in [-0.2, -0.15) is 5.26 Å². The van der Waals surface area contributed by atoms with E-state index in [1.165, 1.54) is 0 Å². The van der Waals surface area contributed by atoms with Crippen LogP contribution in [-0.2, 0) is 0 Å². The van der Waals surface area contributed by atoms with E-state index in [1.54, 1.807) is 24.3 Å². The fourth-order valence-corrected chi connectivity index (χ4v) is 2.76. The molecule has 0 spiro atoms. The van der Waals surface area contributed by atoms with E-state index in [9.17, 15) is 4.79 Å². The summed E-state index contributed by atoms with van der Waals surface area (Å²) in [6, 6.07) is 16.7. The van der Waals surface area contributed by atoms with E-state index in [2.05, 4.69) is 11.0 Å². The molecule has 0 unspecified atom stereocenters. The Balaban J connectivity index is 1.65. The van der Waals surface area contributed by atoms with Crippen molar-refractivity contribution in [3.63, 3.8) is 0 Å². The van der Waals surface area contributed by atoms with Gasteiger partial charge in [-0.25, -0.2) is 0 Å². The van der Waals surface area contributed by atoms with E-state index in [0.717, 1.165) is 24.5 Å². The van der Waals surface area contributed by atoms with Gasteiger partial charge in [0.2, 0.25) is 0 Å². The second kappa shape index (κ2) is 6.41. The first-order chi connectivity index (χ1) is 11.2. The van der Waals surface area contributed by atoms with E-state index in [4.69, 9.17) is 11.0 Å². The zero-order valence-corrected chi connectivity index (χ0v) is 12.8. The lowest BCUT2D eigenvalue weighted by atomic mass is 10.1. The number of benzene rings is 2. The Kier molecular flexibility index (Phi) is 4.15. The van der Waals surface area contributed by atoms with Crippen molar-refractivity contribution in [2.75, 3.05) is 36.8 Å². The lowest BCUT2D eigenvalue weighted by Gasteiger charge is -2.36. The molecule has 1 amide bonds. The first-order valence-corrected chi connectivity index (χ1v) is 7.57. The van der Waals surface area contributed by atoms with Crippen LogP contribution in [0.2, 0.25) is 0 Å². The number of carbonyl (C=O) groups is 1. The van der Waals surface area contributed by atoms with E-state index < -0.39 is 0 Å². The average molecular weight is 306 g/mol. The summed E-state index contributed by atoms with van der Waals surface area (Å²) in [5.74, 6) is -0.0148.